The molecule has 2 rings (SSSR count). The predicted molar refractivity (Wildman–Crippen MR) is 87.7 cm³/mol. The molecule has 1 atom stereocenters. The van der Waals surface area contributed by atoms with Crippen LogP contribution in [0, 0.1) is 6.92 Å². The predicted octanol–water partition coefficient (Wildman–Crippen LogP) is 3.30. The Morgan fingerprint density at radius 1 is 1.43 bits per heavy atom. The third-order valence-corrected chi connectivity index (χ3v) is 4.35. The molecule has 112 valence electrons. The lowest BCUT2D eigenvalue weighted by Gasteiger charge is -2.15. The fourth-order valence-corrected chi connectivity index (χ4v) is 2.96. The van der Waals surface area contributed by atoms with E-state index in [4.69, 9.17) is 0 Å². The van der Waals surface area contributed by atoms with Crippen LogP contribution in [0.1, 0.15) is 36.0 Å². The molecule has 0 saturated carbocycles. The molecule has 0 radical (unpaired) electrons. The molecule has 2 N–H and O–H groups in total. The van der Waals surface area contributed by atoms with Crippen molar-refractivity contribution < 1.29 is 4.79 Å². The van der Waals surface area contributed by atoms with Crippen molar-refractivity contribution in [3.8, 4) is 0 Å². The van der Waals surface area contributed by atoms with Gasteiger partial charge in [0.25, 0.3) is 0 Å². The summed E-state index contributed by atoms with van der Waals surface area (Å²) in [6.07, 6.45) is 0.992. The zero-order chi connectivity index (χ0) is 15.2. The van der Waals surface area contributed by atoms with E-state index in [9.17, 15) is 4.79 Å². The Morgan fingerprint density at radius 3 is 2.90 bits per heavy atom. The smallest absolute Gasteiger partial charge is 0.221 e. The van der Waals surface area contributed by atoms with Gasteiger partial charge in [-0.2, -0.15) is 0 Å². The largest absolute Gasteiger partial charge is 0.326 e. The molecule has 5 heteroatoms. The van der Waals surface area contributed by atoms with Crippen LogP contribution in [0.4, 0.5) is 5.69 Å². The van der Waals surface area contributed by atoms with Gasteiger partial charge in [0, 0.05) is 30.1 Å². The molecule has 0 aliphatic heterocycles. The van der Waals surface area contributed by atoms with E-state index in [1.807, 2.05) is 30.6 Å². The van der Waals surface area contributed by atoms with Gasteiger partial charge in [-0.05, 0) is 38.0 Å². The normalized spacial score (nSPS) is 12.1. The number of rotatable bonds is 6. The number of aromatic nitrogens is 1. The number of nitrogens with zero attached hydrogens (tertiary/aromatic N) is 1. The maximum atomic E-state index is 11.1. The van der Waals surface area contributed by atoms with Crippen LogP contribution in [-0.2, 0) is 11.2 Å². The van der Waals surface area contributed by atoms with Crippen molar-refractivity contribution in [3.63, 3.8) is 0 Å². The van der Waals surface area contributed by atoms with Gasteiger partial charge in [-0.3, -0.25) is 4.79 Å². The highest BCUT2D eigenvalue weighted by molar-refractivity contribution is 7.09. The molecule has 1 unspecified atom stereocenters. The fraction of sp³-hybridized carbons (Fsp3) is 0.375. The molecule has 0 aliphatic rings. The molecule has 21 heavy (non-hydrogen) atoms. The average molecular weight is 303 g/mol. The Balaban J connectivity index is 1.89. The van der Waals surface area contributed by atoms with Crippen LogP contribution in [-0.4, -0.2) is 17.4 Å². The lowest BCUT2D eigenvalue weighted by Crippen LogP contribution is -2.21. The summed E-state index contributed by atoms with van der Waals surface area (Å²) in [7, 11) is 0. The molecule has 2 aromatic rings. The minimum Gasteiger partial charge on any atom is -0.326 e. The molecular formula is C16H21N3OS. The number of carbonyl (C=O) groups is 1. The van der Waals surface area contributed by atoms with Gasteiger partial charge in [0.05, 0.1) is 11.2 Å². The summed E-state index contributed by atoms with van der Waals surface area (Å²) in [6, 6.07) is 8.19. The van der Waals surface area contributed by atoms with Gasteiger partial charge in [-0.25, -0.2) is 4.98 Å². The summed E-state index contributed by atoms with van der Waals surface area (Å²) >= 11 is 1.71. The topological polar surface area (TPSA) is 54.0 Å². The Kier molecular flexibility index (Phi) is 5.47. The highest BCUT2D eigenvalue weighted by atomic mass is 32.1. The van der Waals surface area contributed by atoms with E-state index >= 15 is 0 Å². The third-order valence-electron chi connectivity index (χ3n) is 3.35. The first-order chi connectivity index (χ1) is 10.1. The van der Waals surface area contributed by atoms with Gasteiger partial charge in [0.1, 0.15) is 0 Å². The molecule has 1 aromatic heterocycles. The number of hydrogen-bond acceptors (Lipinski definition) is 4. The second kappa shape index (κ2) is 7.33. The first-order valence-electron chi connectivity index (χ1n) is 7.06. The number of carbonyl (C=O) groups excluding carboxylic acids is 1. The van der Waals surface area contributed by atoms with Crippen molar-refractivity contribution in [2.75, 3.05) is 11.9 Å². The van der Waals surface area contributed by atoms with Gasteiger partial charge >= 0.3 is 0 Å². The quantitative estimate of drug-likeness (QED) is 0.861. The van der Waals surface area contributed by atoms with Crippen molar-refractivity contribution in [3.05, 3.63) is 45.9 Å². The highest BCUT2D eigenvalue weighted by Gasteiger charge is 2.07. The Bertz CT molecular complexity index is 609. The van der Waals surface area contributed by atoms with Crippen LogP contribution in [0.3, 0.4) is 0 Å². The molecule has 0 saturated heterocycles. The molecule has 1 heterocycles. The van der Waals surface area contributed by atoms with E-state index in [0.29, 0.717) is 0 Å². The third kappa shape index (κ3) is 4.65. The minimum absolute atomic E-state index is 0.0477. The standard InChI is InChI=1S/C16H21N3OS/c1-11(17-8-7-16-12(2)18-10-21-16)14-5-4-6-15(9-14)19-13(3)20/h4-6,9-11,17H,7-8H2,1-3H3,(H,19,20). The van der Waals surface area contributed by atoms with E-state index < -0.39 is 0 Å². The maximum Gasteiger partial charge on any atom is 0.221 e. The molecule has 1 aromatic carbocycles. The zero-order valence-corrected chi connectivity index (χ0v) is 13.5. The zero-order valence-electron chi connectivity index (χ0n) is 12.6. The molecule has 0 aliphatic carbocycles. The Labute approximate surface area is 129 Å². The molecular weight excluding hydrogens is 282 g/mol. The van der Waals surface area contributed by atoms with E-state index in [1.165, 1.54) is 17.4 Å². The lowest BCUT2D eigenvalue weighted by atomic mass is 10.1. The molecule has 4 nitrogen and oxygen atoms in total. The van der Waals surface area contributed by atoms with E-state index in [2.05, 4.69) is 28.6 Å². The number of hydrogen-bond donors (Lipinski definition) is 2. The maximum absolute atomic E-state index is 11.1. The Hall–Kier alpha value is -1.72. The van der Waals surface area contributed by atoms with Crippen LogP contribution < -0.4 is 10.6 Å². The number of nitrogens with one attached hydrogen (secondary N) is 2. The second-order valence-electron chi connectivity index (χ2n) is 5.09. The molecule has 1 amide bonds. The van der Waals surface area contributed by atoms with Crippen molar-refractivity contribution in [2.45, 2.75) is 33.2 Å². The lowest BCUT2D eigenvalue weighted by molar-refractivity contribution is -0.114. The average Bonchev–Trinajstić information content (AvgIpc) is 2.84. The number of aryl methyl sites for hydroxylation is 1. The number of thiazole rings is 1. The summed E-state index contributed by atoms with van der Waals surface area (Å²) in [5.41, 5.74) is 5.03. The van der Waals surface area contributed by atoms with Crippen molar-refractivity contribution in [1.82, 2.24) is 10.3 Å². The highest BCUT2D eigenvalue weighted by Crippen LogP contribution is 2.18. The van der Waals surface area contributed by atoms with E-state index in [1.54, 1.807) is 11.3 Å². The van der Waals surface area contributed by atoms with Gasteiger partial charge < -0.3 is 10.6 Å². The van der Waals surface area contributed by atoms with Crippen LogP contribution >= 0.6 is 11.3 Å². The van der Waals surface area contributed by atoms with Gasteiger partial charge in [-0.1, -0.05) is 12.1 Å². The first kappa shape index (κ1) is 15.7. The van der Waals surface area contributed by atoms with Gasteiger partial charge in [-0.15, -0.1) is 11.3 Å². The van der Waals surface area contributed by atoms with Crippen LogP contribution in [0.15, 0.2) is 29.8 Å². The molecule has 0 spiro atoms. The van der Waals surface area contributed by atoms with Crippen molar-refractivity contribution in [2.24, 2.45) is 0 Å². The van der Waals surface area contributed by atoms with Crippen LogP contribution in [0.25, 0.3) is 0 Å². The van der Waals surface area contributed by atoms with Crippen molar-refractivity contribution >= 4 is 22.9 Å². The van der Waals surface area contributed by atoms with Crippen LogP contribution in [0.2, 0.25) is 0 Å². The molecule has 0 fully saturated rings. The summed E-state index contributed by atoms with van der Waals surface area (Å²) < 4.78 is 0. The minimum atomic E-state index is -0.0477. The summed E-state index contributed by atoms with van der Waals surface area (Å²) in [5, 5.41) is 6.32. The number of amides is 1. The van der Waals surface area contributed by atoms with Crippen molar-refractivity contribution in [1.29, 1.82) is 0 Å². The SMILES string of the molecule is CC(=O)Nc1cccc(C(C)NCCc2scnc2C)c1. The summed E-state index contributed by atoms with van der Waals surface area (Å²) in [4.78, 5) is 16.7. The summed E-state index contributed by atoms with van der Waals surface area (Å²) in [6.45, 7) is 6.61. The first-order valence-corrected chi connectivity index (χ1v) is 7.94. The molecule has 0 bridgehead atoms. The number of anilines is 1. The van der Waals surface area contributed by atoms with E-state index in [0.717, 1.165) is 24.3 Å². The Morgan fingerprint density at radius 2 is 2.24 bits per heavy atom. The monoisotopic (exact) mass is 303 g/mol. The van der Waals surface area contributed by atoms with Gasteiger partial charge in [0.2, 0.25) is 5.91 Å². The fourth-order valence-electron chi connectivity index (χ4n) is 2.18. The number of benzene rings is 1. The van der Waals surface area contributed by atoms with Crippen LogP contribution in [0.5, 0.6) is 0 Å². The van der Waals surface area contributed by atoms with E-state index in [-0.39, 0.29) is 11.9 Å². The summed E-state index contributed by atoms with van der Waals surface area (Å²) in [5.74, 6) is -0.0477. The second-order valence-corrected chi connectivity index (χ2v) is 6.03. The van der Waals surface area contributed by atoms with Gasteiger partial charge in [0.15, 0.2) is 0 Å².